The van der Waals surface area contributed by atoms with Crippen molar-refractivity contribution in [1.82, 2.24) is 10.6 Å². The van der Waals surface area contributed by atoms with Gasteiger partial charge in [0.15, 0.2) is 0 Å². The van der Waals surface area contributed by atoms with Crippen molar-refractivity contribution in [2.45, 2.75) is 6.92 Å². The smallest absolute Gasteiger partial charge is 0.251 e. The van der Waals surface area contributed by atoms with E-state index in [9.17, 15) is 9.59 Å². The molecule has 5 nitrogen and oxygen atoms in total. The van der Waals surface area contributed by atoms with Crippen LogP contribution in [0.2, 0.25) is 5.02 Å². The first-order valence-electron chi connectivity index (χ1n) is 7.54. The molecule has 0 unspecified atom stereocenters. The maximum absolute atomic E-state index is 11.8. The number of benzene rings is 2. The summed E-state index contributed by atoms with van der Waals surface area (Å²) < 4.78 is 5.50. The molecule has 6 heteroatoms. The van der Waals surface area contributed by atoms with Crippen LogP contribution in [0, 0.1) is 6.92 Å². The molecular weight excluding hydrogens is 328 g/mol. The van der Waals surface area contributed by atoms with Gasteiger partial charge in [-0.1, -0.05) is 29.3 Å². The number of carbonyl (C=O) groups excluding carboxylic acids is 2. The van der Waals surface area contributed by atoms with Crippen molar-refractivity contribution in [2.75, 3.05) is 19.7 Å². The molecule has 0 saturated carbocycles. The molecular formula is C18H19ClN2O3. The van der Waals surface area contributed by atoms with E-state index >= 15 is 0 Å². The quantitative estimate of drug-likeness (QED) is 0.757. The van der Waals surface area contributed by atoms with Crippen molar-refractivity contribution in [3.63, 3.8) is 0 Å². The number of ether oxygens (including phenoxy) is 1. The summed E-state index contributed by atoms with van der Waals surface area (Å²) in [7, 11) is 0. The number of aryl methyl sites for hydroxylation is 1. The van der Waals surface area contributed by atoms with Crippen molar-refractivity contribution in [2.24, 2.45) is 0 Å². The Balaban J connectivity index is 1.63. The van der Waals surface area contributed by atoms with Gasteiger partial charge in [0.25, 0.3) is 5.91 Å². The molecule has 2 rings (SSSR count). The Labute approximate surface area is 146 Å². The molecule has 0 heterocycles. The fraction of sp³-hybridized carbons (Fsp3) is 0.222. The fourth-order valence-corrected chi connectivity index (χ4v) is 2.05. The predicted molar refractivity (Wildman–Crippen MR) is 93.5 cm³/mol. The first kappa shape index (κ1) is 17.8. The standard InChI is InChI=1S/C18H19ClN2O3/c1-13-2-8-16(9-3-13)24-11-10-20-17(22)12-21-18(23)14-4-6-15(19)7-5-14/h2-9H,10-12H2,1H3,(H,20,22)(H,21,23). The van der Waals surface area contributed by atoms with E-state index in [4.69, 9.17) is 16.3 Å². The van der Waals surface area contributed by atoms with Gasteiger partial charge in [-0.15, -0.1) is 0 Å². The van der Waals surface area contributed by atoms with Gasteiger partial charge in [0, 0.05) is 10.6 Å². The number of carbonyl (C=O) groups is 2. The van der Waals surface area contributed by atoms with E-state index < -0.39 is 0 Å². The Morgan fingerprint density at radius 3 is 2.33 bits per heavy atom. The summed E-state index contributed by atoms with van der Waals surface area (Å²) in [6.07, 6.45) is 0. The van der Waals surface area contributed by atoms with Crippen molar-refractivity contribution in [1.29, 1.82) is 0 Å². The highest BCUT2D eigenvalue weighted by molar-refractivity contribution is 6.30. The van der Waals surface area contributed by atoms with E-state index in [0.717, 1.165) is 11.3 Å². The third-order valence-corrected chi connectivity index (χ3v) is 3.48. The molecule has 0 spiro atoms. The van der Waals surface area contributed by atoms with Crippen LogP contribution in [0.25, 0.3) is 0 Å². The van der Waals surface area contributed by atoms with Crippen molar-refractivity contribution < 1.29 is 14.3 Å². The van der Waals surface area contributed by atoms with Crippen molar-refractivity contribution >= 4 is 23.4 Å². The molecule has 0 radical (unpaired) electrons. The number of rotatable bonds is 7. The summed E-state index contributed by atoms with van der Waals surface area (Å²) in [4.78, 5) is 23.5. The minimum absolute atomic E-state index is 0.0913. The first-order chi connectivity index (χ1) is 11.5. The highest BCUT2D eigenvalue weighted by atomic mass is 35.5. The molecule has 24 heavy (non-hydrogen) atoms. The second kappa shape index (κ2) is 8.93. The Morgan fingerprint density at radius 1 is 1.00 bits per heavy atom. The Kier molecular flexibility index (Phi) is 6.63. The van der Waals surface area contributed by atoms with Gasteiger partial charge in [0.05, 0.1) is 13.1 Å². The molecule has 2 aromatic carbocycles. The number of halogens is 1. The lowest BCUT2D eigenvalue weighted by Gasteiger charge is -2.09. The molecule has 0 bridgehead atoms. The van der Waals surface area contributed by atoms with Gasteiger partial charge >= 0.3 is 0 Å². The summed E-state index contributed by atoms with van der Waals surface area (Å²) >= 11 is 5.76. The van der Waals surface area contributed by atoms with E-state index in [1.54, 1.807) is 24.3 Å². The molecule has 0 aliphatic heterocycles. The van der Waals surface area contributed by atoms with Crippen LogP contribution in [0.1, 0.15) is 15.9 Å². The normalized spacial score (nSPS) is 10.1. The SMILES string of the molecule is Cc1ccc(OCCNC(=O)CNC(=O)c2ccc(Cl)cc2)cc1. The summed E-state index contributed by atoms with van der Waals surface area (Å²) in [5.41, 5.74) is 1.61. The maximum Gasteiger partial charge on any atom is 0.251 e. The van der Waals surface area contributed by atoms with Crippen LogP contribution in [-0.2, 0) is 4.79 Å². The molecule has 0 aliphatic carbocycles. The molecule has 2 aromatic rings. The summed E-state index contributed by atoms with van der Waals surface area (Å²) in [5, 5.41) is 5.78. The molecule has 0 atom stereocenters. The molecule has 126 valence electrons. The van der Waals surface area contributed by atoms with Crippen LogP contribution in [-0.4, -0.2) is 31.5 Å². The van der Waals surface area contributed by atoms with Crippen LogP contribution < -0.4 is 15.4 Å². The van der Waals surface area contributed by atoms with Gasteiger partial charge in [0.1, 0.15) is 12.4 Å². The van der Waals surface area contributed by atoms with Crippen molar-refractivity contribution in [3.8, 4) is 5.75 Å². The van der Waals surface area contributed by atoms with Gasteiger partial charge in [-0.25, -0.2) is 0 Å². The number of nitrogens with one attached hydrogen (secondary N) is 2. The summed E-state index contributed by atoms with van der Waals surface area (Å²) in [6.45, 7) is 2.64. The third kappa shape index (κ3) is 5.93. The lowest BCUT2D eigenvalue weighted by Crippen LogP contribution is -2.38. The van der Waals surface area contributed by atoms with E-state index in [2.05, 4.69) is 10.6 Å². The zero-order valence-corrected chi connectivity index (χ0v) is 14.1. The molecule has 0 aromatic heterocycles. The molecule has 2 N–H and O–H groups in total. The molecule has 0 saturated heterocycles. The van der Waals surface area contributed by atoms with Crippen LogP contribution in [0.5, 0.6) is 5.75 Å². The maximum atomic E-state index is 11.8. The minimum Gasteiger partial charge on any atom is -0.492 e. The predicted octanol–water partition coefficient (Wildman–Crippen LogP) is 2.57. The van der Waals surface area contributed by atoms with Crippen LogP contribution >= 0.6 is 11.6 Å². The zero-order valence-electron chi connectivity index (χ0n) is 13.3. The van der Waals surface area contributed by atoms with Crippen molar-refractivity contribution in [3.05, 3.63) is 64.7 Å². The summed E-state index contributed by atoms with van der Waals surface area (Å²) in [5.74, 6) is 0.161. The summed E-state index contributed by atoms with van der Waals surface area (Å²) in [6, 6.07) is 14.1. The topological polar surface area (TPSA) is 67.4 Å². The average Bonchev–Trinajstić information content (AvgIpc) is 2.59. The van der Waals surface area contributed by atoms with Crippen LogP contribution in [0.4, 0.5) is 0 Å². The number of amides is 2. The molecule has 2 amide bonds. The largest absolute Gasteiger partial charge is 0.492 e. The molecule has 0 aliphatic rings. The Bertz CT molecular complexity index is 684. The number of hydrogen-bond donors (Lipinski definition) is 2. The van der Waals surface area contributed by atoms with Gasteiger partial charge in [-0.3, -0.25) is 9.59 Å². The monoisotopic (exact) mass is 346 g/mol. The van der Waals surface area contributed by atoms with Crippen LogP contribution in [0.3, 0.4) is 0 Å². The Morgan fingerprint density at radius 2 is 1.67 bits per heavy atom. The third-order valence-electron chi connectivity index (χ3n) is 3.23. The average molecular weight is 347 g/mol. The fourth-order valence-electron chi connectivity index (χ4n) is 1.92. The van der Waals surface area contributed by atoms with Gasteiger partial charge in [-0.2, -0.15) is 0 Å². The van der Waals surface area contributed by atoms with E-state index in [1.165, 1.54) is 0 Å². The lowest BCUT2D eigenvalue weighted by molar-refractivity contribution is -0.120. The van der Waals surface area contributed by atoms with Gasteiger partial charge < -0.3 is 15.4 Å². The Hall–Kier alpha value is -2.53. The van der Waals surface area contributed by atoms with E-state index in [1.807, 2.05) is 31.2 Å². The molecule has 0 fully saturated rings. The van der Waals surface area contributed by atoms with Gasteiger partial charge in [0.2, 0.25) is 5.91 Å². The van der Waals surface area contributed by atoms with E-state index in [-0.39, 0.29) is 18.4 Å². The lowest BCUT2D eigenvalue weighted by atomic mass is 10.2. The van der Waals surface area contributed by atoms with Crippen LogP contribution in [0.15, 0.2) is 48.5 Å². The van der Waals surface area contributed by atoms with E-state index in [0.29, 0.717) is 23.7 Å². The highest BCUT2D eigenvalue weighted by Crippen LogP contribution is 2.11. The number of hydrogen-bond acceptors (Lipinski definition) is 3. The highest BCUT2D eigenvalue weighted by Gasteiger charge is 2.07. The second-order valence-electron chi connectivity index (χ2n) is 5.20. The second-order valence-corrected chi connectivity index (χ2v) is 5.64. The minimum atomic E-state index is -0.322. The first-order valence-corrected chi connectivity index (χ1v) is 7.92. The van der Waals surface area contributed by atoms with Gasteiger partial charge in [-0.05, 0) is 43.3 Å². The zero-order chi connectivity index (χ0) is 17.4.